The molecular weight excluding hydrogens is 460 g/mol. The molecule has 2 aromatic heterocycles. The van der Waals surface area contributed by atoms with Crippen LogP contribution in [-0.4, -0.2) is 26.7 Å². The number of imidazole rings is 1. The lowest BCUT2D eigenvalue weighted by atomic mass is 10.1. The molecule has 0 spiro atoms. The lowest BCUT2D eigenvalue weighted by molar-refractivity contribution is -0.137. The monoisotopic (exact) mass is 476 g/mol. The minimum Gasteiger partial charge on any atom is -0.382 e. The number of alkyl halides is 3. The quantitative estimate of drug-likeness (QED) is 0.267. The Balaban J connectivity index is 1.54. The van der Waals surface area contributed by atoms with E-state index < -0.39 is 29.3 Å². The molecule has 0 aliphatic rings. The number of nitrogens with two attached hydrogens (primary N) is 1. The van der Waals surface area contributed by atoms with Crippen molar-refractivity contribution in [1.82, 2.24) is 14.4 Å². The highest BCUT2D eigenvalue weighted by Crippen LogP contribution is 2.33. The van der Waals surface area contributed by atoms with Crippen LogP contribution in [0, 0.1) is 5.82 Å². The molecule has 2 aromatic carbocycles. The highest BCUT2D eigenvalue weighted by atomic mass is 32.2. The maximum atomic E-state index is 13.9. The molecule has 0 aliphatic carbocycles. The number of anilines is 3. The van der Waals surface area contributed by atoms with Crippen molar-refractivity contribution in [1.29, 1.82) is 0 Å². The van der Waals surface area contributed by atoms with Gasteiger partial charge in [0.15, 0.2) is 5.16 Å². The average molecular weight is 476 g/mol. The summed E-state index contributed by atoms with van der Waals surface area (Å²) in [6, 6.07) is 7.42. The second kappa shape index (κ2) is 8.62. The number of nitrogens with one attached hydrogen (secondary N) is 2. The third kappa shape index (κ3) is 4.55. The van der Waals surface area contributed by atoms with Crippen LogP contribution in [0.25, 0.3) is 16.8 Å². The highest BCUT2D eigenvalue weighted by Gasteiger charge is 2.31. The van der Waals surface area contributed by atoms with E-state index in [0.29, 0.717) is 46.5 Å². The average Bonchev–Trinajstić information content (AvgIpc) is 3.15. The van der Waals surface area contributed by atoms with Crippen molar-refractivity contribution >= 4 is 40.5 Å². The van der Waals surface area contributed by atoms with Crippen LogP contribution in [0.4, 0.5) is 39.5 Å². The molecule has 4 aromatic rings. The van der Waals surface area contributed by atoms with Crippen LogP contribution in [0.3, 0.4) is 0 Å². The topological polar surface area (TPSA) is 97.3 Å². The number of nitrogen functional groups attached to an aromatic ring is 1. The van der Waals surface area contributed by atoms with Crippen molar-refractivity contribution in [3.63, 3.8) is 0 Å². The zero-order valence-electron chi connectivity index (χ0n) is 16.9. The molecule has 12 heteroatoms. The molecule has 33 heavy (non-hydrogen) atoms. The Kier molecular flexibility index (Phi) is 5.85. The SMILES string of the molecule is CSc1nc(-c2ccc(NC(=O)Nc3cc(C(F)(F)F)ccc3F)cc2)c2c(N)nccn12. The fourth-order valence-corrected chi connectivity index (χ4v) is 3.71. The van der Waals surface area contributed by atoms with E-state index >= 15 is 0 Å². The number of fused-ring (bicyclic) bond motifs is 1. The Morgan fingerprint density at radius 2 is 1.85 bits per heavy atom. The first-order valence-corrected chi connectivity index (χ1v) is 10.6. The van der Waals surface area contributed by atoms with Gasteiger partial charge < -0.3 is 16.4 Å². The standard InChI is InChI=1S/C21H16F4N6OS/c1-33-20-30-16(17-18(26)27-8-9-31(17)20)11-2-5-13(6-3-11)28-19(32)29-15-10-12(21(23,24)25)4-7-14(15)22/h2-10H,1H3,(H2,26,27)(H2,28,29,32). The van der Waals surface area contributed by atoms with E-state index in [9.17, 15) is 22.4 Å². The fourth-order valence-electron chi connectivity index (χ4n) is 3.18. The summed E-state index contributed by atoms with van der Waals surface area (Å²) in [6.45, 7) is 0. The normalized spacial score (nSPS) is 11.5. The van der Waals surface area contributed by atoms with Crippen LogP contribution in [-0.2, 0) is 6.18 Å². The number of hydrogen-bond donors (Lipinski definition) is 3. The molecule has 0 bridgehead atoms. The molecule has 2 amide bonds. The van der Waals surface area contributed by atoms with Gasteiger partial charge in [-0.15, -0.1) is 0 Å². The van der Waals surface area contributed by atoms with E-state index in [2.05, 4.69) is 20.6 Å². The van der Waals surface area contributed by atoms with Crippen LogP contribution in [0.2, 0.25) is 0 Å². The van der Waals surface area contributed by atoms with Gasteiger partial charge in [0.05, 0.1) is 11.3 Å². The first kappa shape index (κ1) is 22.4. The minimum absolute atomic E-state index is 0.310. The Labute approximate surface area is 189 Å². The number of carbonyl (C=O) groups excluding carboxylic acids is 1. The summed E-state index contributed by atoms with van der Waals surface area (Å²) in [4.78, 5) is 20.9. The number of rotatable bonds is 4. The first-order valence-electron chi connectivity index (χ1n) is 9.39. The van der Waals surface area contributed by atoms with E-state index in [1.54, 1.807) is 36.7 Å². The number of aromatic nitrogens is 3. The number of urea groups is 1. The molecule has 7 nitrogen and oxygen atoms in total. The third-order valence-electron chi connectivity index (χ3n) is 4.69. The molecule has 0 unspecified atom stereocenters. The van der Waals surface area contributed by atoms with Crippen LogP contribution < -0.4 is 16.4 Å². The molecule has 0 radical (unpaired) electrons. The largest absolute Gasteiger partial charge is 0.416 e. The van der Waals surface area contributed by atoms with Crippen molar-refractivity contribution in [3.05, 3.63) is 66.2 Å². The van der Waals surface area contributed by atoms with Crippen LogP contribution in [0.1, 0.15) is 5.56 Å². The van der Waals surface area contributed by atoms with Crippen molar-refractivity contribution in [2.45, 2.75) is 11.3 Å². The summed E-state index contributed by atoms with van der Waals surface area (Å²) in [6.07, 6.45) is 0.546. The maximum absolute atomic E-state index is 13.9. The number of carbonyl (C=O) groups is 1. The Morgan fingerprint density at radius 1 is 1.12 bits per heavy atom. The third-order valence-corrected chi connectivity index (χ3v) is 5.34. The summed E-state index contributed by atoms with van der Waals surface area (Å²) in [5.74, 6) is -0.680. The van der Waals surface area contributed by atoms with E-state index in [-0.39, 0.29) is 0 Å². The number of halogens is 4. The molecule has 170 valence electrons. The number of thioether (sulfide) groups is 1. The predicted octanol–water partition coefficient (Wildman–Crippen LogP) is 5.50. The van der Waals surface area contributed by atoms with Gasteiger partial charge in [-0.3, -0.25) is 4.40 Å². The molecule has 4 N–H and O–H groups in total. The Morgan fingerprint density at radius 3 is 2.52 bits per heavy atom. The summed E-state index contributed by atoms with van der Waals surface area (Å²) < 4.78 is 54.2. The number of benzene rings is 2. The molecule has 0 atom stereocenters. The van der Waals surface area contributed by atoms with Gasteiger partial charge in [-0.25, -0.2) is 19.2 Å². The van der Waals surface area contributed by atoms with Crippen molar-refractivity contribution < 1.29 is 22.4 Å². The highest BCUT2D eigenvalue weighted by molar-refractivity contribution is 7.98. The molecule has 0 aliphatic heterocycles. The van der Waals surface area contributed by atoms with E-state index in [1.165, 1.54) is 11.8 Å². The van der Waals surface area contributed by atoms with Gasteiger partial charge in [-0.1, -0.05) is 23.9 Å². The van der Waals surface area contributed by atoms with E-state index in [0.717, 1.165) is 5.16 Å². The fraction of sp³-hybridized carbons (Fsp3) is 0.0952. The van der Waals surface area contributed by atoms with Crippen molar-refractivity contribution in [2.75, 3.05) is 22.6 Å². The van der Waals surface area contributed by atoms with Gasteiger partial charge in [0.25, 0.3) is 0 Å². The Hall–Kier alpha value is -3.80. The Bertz CT molecular complexity index is 1340. The maximum Gasteiger partial charge on any atom is 0.416 e. The second-order valence-electron chi connectivity index (χ2n) is 6.83. The van der Waals surface area contributed by atoms with Crippen molar-refractivity contribution in [2.24, 2.45) is 0 Å². The smallest absolute Gasteiger partial charge is 0.382 e. The summed E-state index contributed by atoms with van der Waals surface area (Å²) in [5.41, 5.74) is 6.66. The van der Waals surface area contributed by atoms with Crippen molar-refractivity contribution in [3.8, 4) is 11.3 Å². The summed E-state index contributed by atoms with van der Waals surface area (Å²) in [5, 5.41) is 5.27. The number of nitrogens with zero attached hydrogens (tertiary/aromatic N) is 3. The molecular formula is C21H16F4N6OS. The second-order valence-corrected chi connectivity index (χ2v) is 7.60. The van der Waals surface area contributed by atoms with Gasteiger partial charge in [-0.05, 0) is 36.6 Å². The first-order chi connectivity index (χ1) is 15.7. The van der Waals surface area contributed by atoms with Gasteiger partial charge in [0.1, 0.15) is 22.8 Å². The van der Waals surface area contributed by atoms with E-state index in [1.807, 2.05) is 10.7 Å². The van der Waals surface area contributed by atoms with Crippen LogP contribution in [0.5, 0.6) is 0 Å². The minimum atomic E-state index is -4.66. The lowest BCUT2D eigenvalue weighted by Crippen LogP contribution is -2.20. The zero-order valence-corrected chi connectivity index (χ0v) is 17.8. The molecule has 4 rings (SSSR count). The molecule has 0 saturated carbocycles. The number of amides is 2. The van der Waals surface area contributed by atoms with E-state index in [4.69, 9.17) is 5.73 Å². The van der Waals surface area contributed by atoms with Crippen LogP contribution in [0.15, 0.2) is 60.0 Å². The van der Waals surface area contributed by atoms with Gasteiger partial charge >= 0.3 is 12.2 Å². The molecule has 0 saturated heterocycles. The number of hydrogen-bond acceptors (Lipinski definition) is 5. The van der Waals surface area contributed by atoms with Gasteiger partial charge in [-0.2, -0.15) is 13.2 Å². The predicted molar refractivity (Wildman–Crippen MR) is 119 cm³/mol. The zero-order chi connectivity index (χ0) is 23.8. The molecule has 2 heterocycles. The van der Waals surface area contributed by atoms with Crippen LogP contribution >= 0.6 is 11.8 Å². The summed E-state index contributed by atoms with van der Waals surface area (Å²) in [7, 11) is 0. The molecule has 0 fully saturated rings. The van der Waals surface area contributed by atoms with Gasteiger partial charge in [0, 0.05) is 23.6 Å². The lowest BCUT2D eigenvalue weighted by Gasteiger charge is -2.12. The van der Waals surface area contributed by atoms with Gasteiger partial charge in [0.2, 0.25) is 0 Å². The summed E-state index contributed by atoms with van der Waals surface area (Å²) >= 11 is 1.44.